The van der Waals surface area contributed by atoms with Crippen LogP contribution in [0, 0.1) is 138 Å². The van der Waals surface area contributed by atoms with Crippen molar-refractivity contribution in [3.05, 3.63) is 132 Å². The van der Waals surface area contributed by atoms with Crippen LogP contribution in [0.1, 0.15) is 188 Å². The highest BCUT2D eigenvalue weighted by atomic mass is 31.0. The van der Waals surface area contributed by atoms with Crippen LogP contribution < -0.4 is 38.3 Å². The summed E-state index contributed by atoms with van der Waals surface area (Å²) in [4.78, 5) is 108. The van der Waals surface area contributed by atoms with E-state index in [9.17, 15) is 28.8 Å². The number of hydrazine groups is 2. The summed E-state index contributed by atoms with van der Waals surface area (Å²) < 4.78 is 25.3. The van der Waals surface area contributed by atoms with Gasteiger partial charge in [-0.3, -0.25) is 18.3 Å². The third-order valence-electron chi connectivity index (χ3n) is 14.2. The molecule has 9 unspecified atom stereocenters. The second-order valence-electron chi connectivity index (χ2n) is 21.8. The van der Waals surface area contributed by atoms with E-state index in [2.05, 4.69) is 159 Å². The molecule has 106 heavy (non-hydrogen) atoms. The van der Waals surface area contributed by atoms with Crippen molar-refractivity contribution in [3.63, 3.8) is 0 Å². The molecule has 44 heteroatoms. The van der Waals surface area contributed by atoms with E-state index in [1.165, 1.54) is 22.6 Å². The van der Waals surface area contributed by atoms with E-state index in [1.807, 2.05) is 126 Å². The highest BCUT2D eigenvalue weighted by Gasteiger charge is 2.26. The Balaban J connectivity index is -0.00000111. The van der Waals surface area contributed by atoms with Gasteiger partial charge in [-0.2, -0.15) is 0 Å². The van der Waals surface area contributed by atoms with Crippen LogP contribution in [-0.2, 0) is 28.7 Å². The number of aromatic carboxylic acids is 2. The van der Waals surface area contributed by atoms with E-state index in [4.69, 9.17) is 42.9 Å². The monoisotopic (exact) mass is 1650 g/mol. The zero-order valence-corrected chi connectivity index (χ0v) is 76.1. The number of aldehydes is 1. The highest BCUT2D eigenvalue weighted by molar-refractivity contribution is 7.16. The van der Waals surface area contributed by atoms with Crippen LogP contribution in [-0.4, -0.2) is 145 Å². The number of anilines is 4. The van der Waals surface area contributed by atoms with Crippen LogP contribution in [0.3, 0.4) is 0 Å². The number of Topliss-reactive ketones (excluding diaryl/α,β-unsaturated/α-hetero) is 2. The number of imidazole rings is 9. The molecular formula is C62H114N24O11P9+. The molecule has 0 aliphatic rings. The maximum Gasteiger partial charge on any atom is 0.382 e. The quantitative estimate of drug-likeness (QED) is 0.0124. The van der Waals surface area contributed by atoms with Gasteiger partial charge in [-0.15, -0.1) is 0 Å². The van der Waals surface area contributed by atoms with Crippen LogP contribution in [0.5, 0.6) is 0 Å². The minimum absolute atomic E-state index is 0.109. The molecule has 0 amide bonds. The molecule has 9 atom stereocenters. The van der Waals surface area contributed by atoms with Crippen molar-refractivity contribution in [2.75, 3.05) is 35.5 Å². The molecule has 0 aliphatic heterocycles. The molecule has 9 aromatic rings. The van der Waals surface area contributed by atoms with E-state index >= 15 is 0 Å². The third-order valence-corrected chi connectivity index (χ3v) is 20.6. The van der Waals surface area contributed by atoms with Crippen LogP contribution in [0.4, 0.5) is 23.3 Å². The fourth-order valence-corrected chi connectivity index (χ4v) is 10.6. The van der Waals surface area contributed by atoms with Crippen LogP contribution >= 0.6 is 84.5 Å². The van der Waals surface area contributed by atoms with E-state index in [0.29, 0.717) is 35.3 Å². The van der Waals surface area contributed by atoms with Gasteiger partial charge in [0.1, 0.15) is 70.3 Å². The largest absolute Gasteiger partial charge is 0.477 e. The highest BCUT2D eigenvalue weighted by Crippen LogP contribution is 2.21. The van der Waals surface area contributed by atoms with E-state index in [1.54, 1.807) is 61.5 Å². The lowest BCUT2D eigenvalue weighted by molar-refractivity contribution is -0.510. The van der Waals surface area contributed by atoms with E-state index in [0.717, 1.165) is 123 Å². The molecule has 35 nitrogen and oxygen atoms in total. The van der Waals surface area contributed by atoms with Gasteiger partial charge < -0.3 is 73.5 Å². The number of ether oxygens (including phenoxy) is 2. The minimum atomic E-state index is -1.10. The Bertz CT molecular complexity index is 4050. The van der Waals surface area contributed by atoms with Crippen molar-refractivity contribution >= 4 is 150 Å². The summed E-state index contributed by atoms with van der Waals surface area (Å²) in [6.45, 7) is 48.4. The Labute approximate surface area is 642 Å². The molecule has 9 heterocycles. The fraction of sp³-hybridized carbons (Fsp3) is 0.452. The van der Waals surface area contributed by atoms with Gasteiger partial charge in [0.25, 0.3) is 11.5 Å². The summed E-state index contributed by atoms with van der Waals surface area (Å²) in [7, 11) is 22.5. The second-order valence-corrected chi connectivity index (χ2v) is 26.4. The van der Waals surface area contributed by atoms with Crippen LogP contribution in [0.15, 0.2) is 0 Å². The number of nitrogens with two attached hydrogens (primary N) is 4. The van der Waals surface area contributed by atoms with Crippen molar-refractivity contribution in [2.24, 2.45) is 11.7 Å². The van der Waals surface area contributed by atoms with Gasteiger partial charge in [0.15, 0.2) is 22.9 Å². The number of esters is 2. The van der Waals surface area contributed by atoms with E-state index < -0.39 is 29.5 Å². The number of aromatic amines is 1. The average molecular weight is 1650 g/mol. The van der Waals surface area contributed by atoms with Gasteiger partial charge in [-0.25, -0.2) is 79.4 Å². The normalized spacial score (nSPS) is 9.67. The Morgan fingerprint density at radius 1 is 0.500 bits per heavy atom. The van der Waals surface area contributed by atoms with Crippen LogP contribution in [0.25, 0.3) is 0 Å². The number of nitrogens with zero attached hydrogens (tertiary/aromatic N) is 17. The predicted octanol–water partition coefficient (Wildman–Crippen LogP) is 8.53. The maximum absolute atomic E-state index is 11.2. The molecule has 0 fully saturated rings. The summed E-state index contributed by atoms with van der Waals surface area (Å²) in [5.41, 5.74) is 27.6. The summed E-state index contributed by atoms with van der Waals surface area (Å²) in [5.74, 6) is 16.2. The van der Waals surface area contributed by atoms with Crippen molar-refractivity contribution in [2.45, 2.75) is 180 Å². The number of aromatic nitrogens is 18. The zero-order valence-electron chi connectivity index (χ0n) is 65.7. The topological polar surface area (TPSA) is 469 Å². The Kier molecular flexibility index (Phi) is 49.0. The SMILES string of the molecule is CC.CC=O.CCOC(=O)C(=O)C(C)=O.CCOC(=O)c1nc(C)[nH]c1C.Cc1c(C(=O)O)[n+](P)c(C)n1P.Cc1nc(C)n(P)c1C.Cc1nc(C)n(P)c1C.Cc1nc(C)n(P)c1C(=O)O.Cc1nc(C)n(P)c1N.Cc1nc(C)n(P)c1NN.Cc1nc(N)c(C)n1P.Cc1nc(NN)c(C)n1P. The Morgan fingerprint density at radius 3 is 1.07 bits per heavy atom. The number of H-pyrrole nitrogens is 1. The molecule has 0 aliphatic carbocycles. The average Bonchev–Trinajstić information content (AvgIpc) is 1.65. The number of carboxylic acid groups (broad SMARTS) is 2. The molecule has 0 saturated carbocycles. The molecule has 0 spiro atoms. The lowest BCUT2D eigenvalue weighted by atomic mass is 10.3. The minimum Gasteiger partial charge on any atom is -0.477 e. The maximum atomic E-state index is 11.2. The fourth-order valence-electron chi connectivity index (χ4n) is 7.98. The van der Waals surface area contributed by atoms with Crippen molar-refractivity contribution in [3.8, 4) is 0 Å². The van der Waals surface area contributed by atoms with Crippen molar-refractivity contribution in [1.82, 2.24) is 79.6 Å². The van der Waals surface area contributed by atoms with Gasteiger partial charge in [0.2, 0.25) is 5.78 Å². The zero-order chi connectivity index (χ0) is 83.6. The lowest BCUT2D eigenvalue weighted by Gasteiger charge is -2.00. The lowest BCUT2D eigenvalue weighted by Crippen LogP contribution is -2.29. The first-order valence-electron chi connectivity index (χ1n) is 32.0. The number of nitrogens with one attached hydrogen (secondary N) is 3. The first kappa shape index (κ1) is 103. The summed E-state index contributed by atoms with van der Waals surface area (Å²) in [5, 5.41) is 17.5. The number of carboxylic acids is 2. The summed E-state index contributed by atoms with van der Waals surface area (Å²) in [6, 6.07) is 0. The van der Waals surface area contributed by atoms with Gasteiger partial charge >= 0.3 is 29.7 Å². The molecule has 592 valence electrons. The number of nitrogen functional groups attached to an aromatic ring is 4. The number of aryl methyl sites for hydroxylation is 14. The molecular weight excluding hydrogens is 1540 g/mol. The van der Waals surface area contributed by atoms with Crippen molar-refractivity contribution in [1.29, 1.82) is 0 Å². The third kappa shape index (κ3) is 31.9. The smallest absolute Gasteiger partial charge is 0.382 e. The molecule has 13 N–H and O–H groups in total. The molecule has 0 bridgehead atoms. The van der Waals surface area contributed by atoms with Gasteiger partial charge in [-0.05, 0) is 211 Å². The van der Waals surface area contributed by atoms with Gasteiger partial charge in [0, 0.05) is 37.9 Å². The van der Waals surface area contributed by atoms with Gasteiger partial charge in [0.05, 0.1) is 71.9 Å². The first-order chi connectivity index (χ1) is 49.0. The Morgan fingerprint density at radius 2 is 0.887 bits per heavy atom. The summed E-state index contributed by atoms with van der Waals surface area (Å²) >= 11 is 0. The number of carbonyl (C=O) groups is 7. The first-order valence-corrected chi connectivity index (χ1v) is 36.6. The van der Waals surface area contributed by atoms with Crippen molar-refractivity contribution < 1.29 is 57.6 Å². The number of rotatable bonds is 9. The number of hydrogen-bond acceptors (Lipinski definition) is 23. The molecule has 9 aromatic heterocycles. The van der Waals surface area contributed by atoms with E-state index in [-0.39, 0.29) is 18.3 Å². The Hall–Kier alpha value is -7.23. The predicted molar refractivity (Wildman–Crippen MR) is 449 cm³/mol. The van der Waals surface area contributed by atoms with Crippen LogP contribution in [0.2, 0.25) is 0 Å². The standard InChI is InChI=1S/C8H12N2O2.C6H10N2O2P2.C6H9N2O2P.2C6H11N2P.C6H8O4.2C5H11N4P.2C5H10N3P.C2H4O.C2H6/c1-4-12-8(11)7-5(2)9-6(3)10-7;1-3-5(6(9)10)8(12)4(2)7(3)11;1-3-5(6(9)10)8(11)4(2)7-3;2*1-4-5(2)8(9)6(3)7-4;1-3-10-6(9)5(8)4(2)7;1-3-5(8-6)7-4(2)9(3)10;1-3-5(8-6)9(10)4(2)7-3;1-3-5(6)7-4(2)8(3)9;1-3-5(6)8(9)4(2)7-3;1-2-3;1-2/h4H2,1-3H3,(H,9,10);11-12H2,1-2H3;11H2,1-2H3,(H,9,10);2*9H2,1-3H3;3H2,1-2H3;2*8H,6,10H2,1-2H3;2*6,9H2,1-2H3;2H,1H3;1-2H3/p+1. The number of carbonyl (C=O) groups excluding carboxylic acids is 5. The van der Waals surface area contributed by atoms with Gasteiger partial charge in [-0.1, -0.05) is 13.8 Å². The molecule has 0 saturated heterocycles. The number of hydrogen-bond donors (Lipinski definition) is 9. The second kappa shape index (κ2) is 50.4. The molecule has 0 aromatic carbocycles. The summed E-state index contributed by atoms with van der Waals surface area (Å²) in [6.07, 6.45) is 0.750. The molecule has 0 radical (unpaired) electrons. The number of ketones is 2. The molecule has 9 rings (SSSR count).